The van der Waals surface area contributed by atoms with Gasteiger partial charge in [0.2, 0.25) is 0 Å². The summed E-state index contributed by atoms with van der Waals surface area (Å²) >= 11 is 6.98. The summed E-state index contributed by atoms with van der Waals surface area (Å²) in [5, 5.41) is 0.333. The van der Waals surface area contributed by atoms with Crippen LogP contribution >= 0.6 is 11.6 Å². The Balaban J connectivity index is 3.17. The molecule has 0 spiro atoms. The zero-order chi connectivity index (χ0) is 6.85. The molecule has 0 saturated heterocycles. The Kier molecular flexibility index (Phi) is 2.09. The van der Waals surface area contributed by atoms with E-state index in [4.69, 9.17) is 11.6 Å². The molecule has 1 heterocycles. The standard InChI is InChI=1S/C5H6AsClN2/c1-3-2-8-5(7)9-4(3)6/h2H,6H2,1H3. The monoisotopic (exact) mass is 204 g/mol. The van der Waals surface area contributed by atoms with Gasteiger partial charge < -0.3 is 0 Å². The Hall–Kier alpha value is -0.0716. The fraction of sp³-hybridized carbons (Fsp3) is 0.200. The third-order valence-corrected chi connectivity index (χ3v) is 2.39. The first-order chi connectivity index (χ1) is 4.20. The molecule has 4 heteroatoms. The van der Waals surface area contributed by atoms with Crippen LogP contribution < -0.4 is 4.48 Å². The fourth-order valence-corrected chi connectivity index (χ4v) is 1.16. The first-order valence-corrected chi connectivity index (χ1v) is 4.03. The van der Waals surface area contributed by atoms with Crippen LogP contribution in [0.25, 0.3) is 0 Å². The normalized spacial score (nSPS) is 9.67. The van der Waals surface area contributed by atoms with Crippen LogP contribution in [0.3, 0.4) is 0 Å². The summed E-state index contributed by atoms with van der Waals surface area (Å²) in [7, 11) is 0. The Morgan fingerprint density at radius 1 is 1.67 bits per heavy atom. The summed E-state index contributed by atoms with van der Waals surface area (Å²) < 4.78 is 1.00. The van der Waals surface area contributed by atoms with Crippen LogP contribution in [-0.4, -0.2) is 26.8 Å². The predicted octanol–water partition coefficient (Wildman–Crippen LogP) is -0.303. The number of halogens is 1. The van der Waals surface area contributed by atoms with Crippen molar-refractivity contribution >= 4 is 32.9 Å². The summed E-state index contributed by atoms with van der Waals surface area (Å²) in [6, 6.07) is 0. The van der Waals surface area contributed by atoms with Crippen molar-refractivity contribution < 1.29 is 0 Å². The Bertz CT molecular complexity index is 226. The van der Waals surface area contributed by atoms with E-state index in [0.717, 1.165) is 10.0 Å². The Labute approximate surface area is 67.2 Å². The molecule has 0 aliphatic heterocycles. The van der Waals surface area contributed by atoms with E-state index in [0.29, 0.717) is 5.28 Å². The number of rotatable bonds is 0. The number of hydrogen-bond donors (Lipinski definition) is 0. The van der Waals surface area contributed by atoms with Crippen LogP contribution in [0.2, 0.25) is 5.28 Å². The van der Waals surface area contributed by atoms with E-state index >= 15 is 0 Å². The minimum absolute atomic E-state index is 0.333. The third-order valence-electron chi connectivity index (χ3n) is 0.981. The second kappa shape index (κ2) is 2.67. The number of aromatic nitrogens is 2. The molecule has 48 valence electrons. The van der Waals surface area contributed by atoms with Crippen molar-refractivity contribution in [2.45, 2.75) is 6.92 Å². The SMILES string of the molecule is Cc1cnc(Cl)nc1[AsH2]. The van der Waals surface area contributed by atoms with Gasteiger partial charge in [0.1, 0.15) is 0 Å². The molecule has 1 unspecified atom stereocenters. The predicted molar refractivity (Wildman–Crippen MR) is 40.0 cm³/mol. The molecule has 0 aliphatic rings. The van der Waals surface area contributed by atoms with Gasteiger partial charge in [0.25, 0.3) is 0 Å². The van der Waals surface area contributed by atoms with Crippen molar-refractivity contribution in [2.24, 2.45) is 0 Å². The van der Waals surface area contributed by atoms with Crippen LogP contribution in [0.5, 0.6) is 0 Å². The van der Waals surface area contributed by atoms with Crippen molar-refractivity contribution in [3.63, 3.8) is 0 Å². The van der Waals surface area contributed by atoms with Gasteiger partial charge in [0.15, 0.2) is 0 Å². The van der Waals surface area contributed by atoms with Crippen molar-refractivity contribution in [3.05, 3.63) is 17.0 Å². The van der Waals surface area contributed by atoms with E-state index in [1.165, 1.54) is 16.9 Å². The molecular weight excluding hydrogens is 198 g/mol. The van der Waals surface area contributed by atoms with E-state index < -0.39 is 0 Å². The molecule has 0 aliphatic carbocycles. The van der Waals surface area contributed by atoms with E-state index in [9.17, 15) is 0 Å². The Morgan fingerprint density at radius 2 is 2.33 bits per heavy atom. The zero-order valence-electron chi connectivity index (χ0n) is 4.93. The van der Waals surface area contributed by atoms with Gasteiger partial charge >= 0.3 is 66.9 Å². The molecule has 1 rings (SSSR count). The van der Waals surface area contributed by atoms with Gasteiger partial charge in [-0.15, -0.1) is 0 Å². The van der Waals surface area contributed by atoms with E-state index in [-0.39, 0.29) is 0 Å². The number of hydrogen-bond acceptors (Lipinski definition) is 2. The molecule has 0 bridgehead atoms. The molecule has 1 aromatic heterocycles. The molecule has 0 saturated carbocycles. The maximum absolute atomic E-state index is 5.50. The summed E-state index contributed by atoms with van der Waals surface area (Å²) in [5.74, 6) is 0. The summed E-state index contributed by atoms with van der Waals surface area (Å²) in [6.45, 7) is 1.97. The van der Waals surface area contributed by atoms with Crippen LogP contribution in [0, 0.1) is 6.92 Å². The summed E-state index contributed by atoms with van der Waals surface area (Å²) in [5.41, 5.74) is 1.10. The molecule has 0 aromatic carbocycles. The van der Waals surface area contributed by atoms with Gasteiger partial charge in [-0.3, -0.25) is 0 Å². The van der Waals surface area contributed by atoms with E-state index in [2.05, 4.69) is 9.97 Å². The molecule has 0 radical (unpaired) electrons. The van der Waals surface area contributed by atoms with Gasteiger partial charge in [-0.1, -0.05) is 0 Å². The second-order valence-electron chi connectivity index (χ2n) is 1.71. The van der Waals surface area contributed by atoms with Crippen molar-refractivity contribution in [2.75, 3.05) is 0 Å². The average molecular weight is 204 g/mol. The van der Waals surface area contributed by atoms with Crippen LogP contribution in [0.15, 0.2) is 6.20 Å². The van der Waals surface area contributed by atoms with Crippen LogP contribution in [-0.2, 0) is 0 Å². The van der Waals surface area contributed by atoms with Gasteiger partial charge in [0.05, 0.1) is 0 Å². The van der Waals surface area contributed by atoms with Crippen molar-refractivity contribution in [3.8, 4) is 0 Å². The molecule has 2 nitrogen and oxygen atoms in total. The Morgan fingerprint density at radius 3 is 2.78 bits per heavy atom. The maximum atomic E-state index is 5.50. The van der Waals surface area contributed by atoms with E-state index in [1.54, 1.807) is 6.20 Å². The zero-order valence-corrected chi connectivity index (χ0v) is 8.11. The minimum atomic E-state index is 0.333. The molecule has 0 amide bonds. The molecule has 1 aromatic rings. The van der Waals surface area contributed by atoms with Gasteiger partial charge in [-0.05, 0) is 0 Å². The second-order valence-corrected chi connectivity index (χ2v) is 3.19. The summed E-state index contributed by atoms with van der Waals surface area (Å²) in [6.07, 6.45) is 1.73. The third kappa shape index (κ3) is 1.67. The first-order valence-electron chi connectivity index (χ1n) is 2.45. The fourth-order valence-electron chi connectivity index (χ4n) is 0.433. The number of nitrogens with zero attached hydrogens (tertiary/aromatic N) is 2. The summed E-state index contributed by atoms with van der Waals surface area (Å²) in [4.78, 5) is 7.76. The van der Waals surface area contributed by atoms with Gasteiger partial charge in [0, 0.05) is 0 Å². The van der Waals surface area contributed by atoms with E-state index in [1.807, 2.05) is 6.92 Å². The van der Waals surface area contributed by atoms with Gasteiger partial charge in [-0.2, -0.15) is 0 Å². The van der Waals surface area contributed by atoms with Crippen LogP contribution in [0.4, 0.5) is 0 Å². The molecule has 9 heavy (non-hydrogen) atoms. The molecular formula is C5H6AsClN2. The molecule has 0 fully saturated rings. The topological polar surface area (TPSA) is 25.8 Å². The first kappa shape index (κ1) is 7.04. The quantitative estimate of drug-likeness (QED) is 0.428. The number of aryl methyl sites for hydroxylation is 1. The molecule has 0 N–H and O–H groups in total. The van der Waals surface area contributed by atoms with Gasteiger partial charge in [-0.25, -0.2) is 0 Å². The van der Waals surface area contributed by atoms with Crippen LogP contribution in [0.1, 0.15) is 5.56 Å². The van der Waals surface area contributed by atoms with Crippen molar-refractivity contribution in [1.82, 2.24) is 9.97 Å². The molecule has 1 atom stereocenters. The average Bonchev–Trinajstić information content (AvgIpc) is 1.80. The van der Waals surface area contributed by atoms with Crippen molar-refractivity contribution in [1.29, 1.82) is 0 Å².